The average Bonchev–Trinajstić information content (AvgIpc) is 3.31. The molecule has 166 valence electrons. The number of nitrogens with two attached hydrogens (primary N) is 2. The lowest BCUT2D eigenvalue weighted by Crippen LogP contribution is -2.62. The Bertz CT molecular complexity index is 1170. The second kappa shape index (κ2) is 8.70. The normalized spacial score (nSPS) is 19.2. The van der Waals surface area contributed by atoms with E-state index < -0.39 is 34.0 Å². The van der Waals surface area contributed by atoms with Crippen molar-refractivity contribution in [1.29, 1.82) is 5.41 Å². The van der Waals surface area contributed by atoms with Gasteiger partial charge in [-0.1, -0.05) is 5.16 Å². The molecule has 1 saturated heterocycles. The van der Waals surface area contributed by atoms with Crippen molar-refractivity contribution in [1.82, 2.24) is 9.29 Å². The molecule has 31 heavy (non-hydrogen) atoms. The number of carbonyl (C=O) groups excluding carboxylic acids is 2. The number of Topliss-reactive ketones (excluding diaryl/α,β-unsaturated/α-hetero) is 1. The number of thiazole rings is 1. The number of nitrogens with one attached hydrogen (secondary N) is 1. The fraction of sp³-hybridized carbons (Fsp3) is 0.312. The molecule has 1 aliphatic rings. The number of β-lactam (4-membered cyclic amide) rings is 1. The number of hydrogen-bond donors (Lipinski definition) is 4. The second-order valence-corrected chi connectivity index (χ2v) is 9.76. The van der Waals surface area contributed by atoms with Gasteiger partial charge in [-0.15, -0.1) is 22.7 Å². The third-order valence-corrected chi connectivity index (χ3v) is 7.09. The molecule has 1 aliphatic heterocycles. The second-order valence-electron chi connectivity index (χ2n) is 6.59. The molecule has 0 spiro atoms. The van der Waals surface area contributed by atoms with E-state index in [9.17, 15) is 18.0 Å². The van der Waals surface area contributed by atoms with Gasteiger partial charge in [0.2, 0.25) is 5.91 Å². The van der Waals surface area contributed by atoms with E-state index in [-0.39, 0.29) is 35.4 Å². The van der Waals surface area contributed by atoms with Crippen LogP contribution in [0, 0.1) is 11.3 Å². The SMILES string of the molecule is C[C@H]1[C@H](CC(=O)/C(=N\OCc2cc(C(=N)N)cs2)c2csc(N)n2)C(=O)N1S(=O)(=O)O. The standard InChI is InChI=1S/C16H18N6O6S3/c1-7-10(15(24)22(7)31(25,26)27)3-12(23)13(11-6-30-16(19)20-11)21-28-4-9-2-8(5-29-9)14(17)18/h2,5-7,10H,3-4H2,1H3,(H3,17,18)(H2,19,20)(H,25,26,27)/b21-13-/t7-,10-/m0/s1. The highest BCUT2D eigenvalue weighted by Gasteiger charge is 2.51. The first kappa shape index (κ1) is 22.8. The lowest BCUT2D eigenvalue weighted by Gasteiger charge is -2.41. The first-order chi connectivity index (χ1) is 14.5. The highest BCUT2D eigenvalue weighted by molar-refractivity contribution is 7.84. The van der Waals surface area contributed by atoms with Gasteiger partial charge in [-0.05, 0) is 13.0 Å². The lowest BCUT2D eigenvalue weighted by atomic mass is 9.86. The van der Waals surface area contributed by atoms with Crippen LogP contribution in [-0.2, 0) is 31.3 Å². The van der Waals surface area contributed by atoms with Crippen LogP contribution in [0.15, 0.2) is 22.0 Å². The molecule has 1 fully saturated rings. The molecule has 1 amide bonds. The largest absolute Gasteiger partial charge is 0.389 e. The molecule has 12 nitrogen and oxygen atoms in total. The number of ketones is 1. The minimum Gasteiger partial charge on any atom is -0.389 e. The maximum absolute atomic E-state index is 12.8. The Hall–Kier alpha value is -2.88. The predicted molar refractivity (Wildman–Crippen MR) is 114 cm³/mol. The van der Waals surface area contributed by atoms with Gasteiger partial charge in [-0.25, -0.2) is 9.29 Å². The molecule has 0 aliphatic carbocycles. The topological polar surface area (TPSA) is 202 Å². The van der Waals surface area contributed by atoms with Crippen molar-refractivity contribution >= 4 is 61.3 Å². The molecule has 0 bridgehead atoms. The van der Waals surface area contributed by atoms with Gasteiger partial charge < -0.3 is 16.3 Å². The Morgan fingerprint density at radius 3 is 2.65 bits per heavy atom. The van der Waals surface area contributed by atoms with Crippen molar-refractivity contribution in [2.45, 2.75) is 26.0 Å². The summed E-state index contributed by atoms with van der Waals surface area (Å²) in [6.45, 7) is 1.41. The van der Waals surface area contributed by atoms with Crippen LogP contribution in [0.5, 0.6) is 0 Å². The summed E-state index contributed by atoms with van der Waals surface area (Å²) in [7, 11) is -4.68. The summed E-state index contributed by atoms with van der Waals surface area (Å²) in [6, 6.07) is 0.772. The minimum atomic E-state index is -4.68. The number of nitrogens with zero attached hydrogens (tertiary/aromatic N) is 3. The number of hydrogen-bond acceptors (Lipinski definition) is 11. The van der Waals surface area contributed by atoms with Crippen LogP contribution in [0.1, 0.15) is 29.5 Å². The van der Waals surface area contributed by atoms with Crippen LogP contribution in [0.3, 0.4) is 0 Å². The molecule has 2 aromatic rings. The summed E-state index contributed by atoms with van der Waals surface area (Å²) in [6.07, 6.45) is -0.348. The van der Waals surface area contributed by atoms with E-state index in [1.165, 1.54) is 23.6 Å². The molecule has 0 unspecified atom stereocenters. The number of rotatable bonds is 9. The van der Waals surface area contributed by atoms with Crippen molar-refractivity contribution in [3.8, 4) is 0 Å². The van der Waals surface area contributed by atoms with Crippen LogP contribution in [0.4, 0.5) is 5.13 Å². The number of anilines is 1. The summed E-state index contributed by atoms with van der Waals surface area (Å²) in [5, 5.41) is 14.7. The lowest BCUT2D eigenvalue weighted by molar-refractivity contribution is -0.147. The molecule has 3 heterocycles. The number of aromatic nitrogens is 1. The molecule has 3 rings (SSSR count). The maximum Gasteiger partial charge on any atom is 0.362 e. The number of oxime groups is 1. The first-order valence-electron chi connectivity index (χ1n) is 8.66. The number of amides is 1. The molecule has 0 saturated carbocycles. The van der Waals surface area contributed by atoms with E-state index in [2.05, 4.69) is 10.1 Å². The molecule has 2 aromatic heterocycles. The van der Waals surface area contributed by atoms with Crippen molar-refractivity contribution in [2.75, 3.05) is 5.73 Å². The Balaban J connectivity index is 1.74. The van der Waals surface area contributed by atoms with Crippen molar-refractivity contribution < 1.29 is 27.4 Å². The van der Waals surface area contributed by atoms with Crippen LogP contribution in [0.2, 0.25) is 0 Å². The van der Waals surface area contributed by atoms with Crippen LogP contribution in [-0.4, -0.2) is 51.5 Å². The highest BCUT2D eigenvalue weighted by atomic mass is 32.2. The van der Waals surface area contributed by atoms with E-state index in [0.29, 0.717) is 14.7 Å². The third kappa shape index (κ3) is 4.90. The third-order valence-electron chi connectivity index (χ3n) is 4.50. The monoisotopic (exact) mass is 486 g/mol. The zero-order chi connectivity index (χ0) is 22.9. The first-order valence-corrected chi connectivity index (χ1v) is 11.8. The summed E-state index contributed by atoms with van der Waals surface area (Å²) < 4.78 is 31.9. The van der Waals surface area contributed by atoms with Crippen molar-refractivity contribution in [3.05, 3.63) is 33.0 Å². The van der Waals surface area contributed by atoms with E-state index in [0.717, 1.165) is 11.3 Å². The summed E-state index contributed by atoms with van der Waals surface area (Å²) in [4.78, 5) is 34.9. The molecule has 0 aromatic carbocycles. The minimum absolute atomic E-state index is 0.00361. The molecule has 0 radical (unpaired) electrons. The van der Waals surface area contributed by atoms with Crippen molar-refractivity contribution in [3.63, 3.8) is 0 Å². The summed E-state index contributed by atoms with van der Waals surface area (Å²) in [5.41, 5.74) is 11.6. The van der Waals surface area contributed by atoms with Gasteiger partial charge in [-0.2, -0.15) is 8.42 Å². The van der Waals surface area contributed by atoms with Crippen LogP contribution >= 0.6 is 22.7 Å². The van der Waals surface area contributed by atoms with E-state index in [4.69, 9.17) is 26.3 Å². The molecule has 6 N–H and O–H groups in total. The maximum atomic E-state index is 12.8. The number of thiophene rings is 1. The molecular formula is C16H18N6O6S3. The number of carbonyl (C=O) groups is 2. The van der Waals surface area contributed by atoms with Gasteiger partial charge in [0.25, 0.3) is 0 Å². The predicted octanol–water partition coefficient (Wildman–Crippen LogP) is 0.601. The Labute approximate surface area is 184 Å². The zero-order valence-corrected chi connectivity index (χ0v) is 18.5. The van der Waals surface area contributed by atoms with E-state index in [1.807, 2.05) is 0 Å². The van der Waals surface area contributed by atoms with E-state index >= 15 is 0 Å². The van der Waals surface area contributed by atoms with Gasteiger partial charge >= 0.3 is 10.3 Å². The van der Waals surface area contributed by atoms with Gasteiger partial charge in [0, 0.05) is 27.6 Å². The summed E-state index contributed by atoms with van der Waals surface area (Å²) in [5.74, 6) is -2.50. The van der Waals surface area contributed by atoms with Crippen LogP contribution in [0.25, 0.3) is 0 Å². The summed E-state index contributed by atoms with van der Waals surface area (Å²) >= 11 is 2.39. The fourth-order valence-electron chi connectivity index (χ4n) is 2.92. The van der Waals surface area contributed by atoms with Gasteiger partial charge in [0.05, 0.1) is 12.0 Å². The quantitative estimate of drug-likeness (QED) is 0.129. The Kier molecular flexibility index (Phi) is 6.40. The van der Waals surface area contributed by atoms with Gasteiger partial charge in [0.15, 0.2) is 23.2 Å². The molecule has 2 atom stereocenters. The van der Waals surface area contributed by atoms with Gasteiger partial charge in [0.1, 0.15) is 11.5 Å². The Morgan fingerprint density at radius 2 is 2.13 bits per heavy atom. The van der Waals surface area contributed by atoms with Crippen molar-refractivity contribution in [2.24, 2.45) is 16.8 Å². The average molecular weight is 487 g/mol. The van der Waals surface area contributed by atoms with Gasteiger partial charge in [-0.3, -0.25) is 19.6 Å². The highest BCUT2D eigenvalue weighted by Crippen LogP contribution is 2.32. The number of nitrogen functional groups attached to an aromatic ring is 2. The Morgan fingerprint density at radius 1 is 1.42 bits per heavy atom. The van der Waals surface area contributed by atoms with E-state index in [1.54, 1.807) is 11.4 Å². The zero-order valence-electron chi connectivity index (χ0n) is 16.0. The fourth-order valence-corrected chi connectivity index (χ4v) is 5.19. The smallest absolute Gasteiger partial charge is 0.362 e. The molecule has 15 heteroatoms. The molecular weight excluding hydrogens is 468 g/mol. The number of amidine groups is 1. The van der Waals surface area contributed by atoms with Crippen LogP contribution < -0.4 is 11.5 Å².